The first-order chi connectivity index (χ1) is 34.8. The number of hydrogen-bond acceptors (Lipinski definition) is 12. The van der Waals surface area contributed by atoms with E-state index in [1.807, 2.05) is 160 Å². The molecule has 0 spiro atoms. The lowest BCUT2D eigenvalue weighted by molar-refractivity contribution is -0.351. The Morgan fingerprint density at radius 1 is 0.466 bits per heavy atom. The molecular formula is C55H59N8O8P2+. The fraction of sp³-hybridized carbons (Fsp3) is 0.109. The van der Waals surface area contributed by atoms with Crippen molar-refractivity contribution in [3.8, 4) is 0 Å². The zero-order valence-electron chi connectivity index (χ0n) is 42.1. The first-order valence-electron chi connectivity index (χ1n) is 22.4. The third kappa shape index (κ3) is 24.5. The van der Waals surface area contributed by atoms with Crippen molar-refractivity contribution in [3.05, 3.63) is 205 Å². The van der Waals surface area contributed by atoms with Gasteiger partial charge in [0.15, 0.2) is 0 Å². The predicted molar refractivity (Wildman–Crippen MR) is 297 cm³/mol. The number of carbonyl (C=O) groups excluding carboxylic acids is 2. The first-order valence-corrected chi connectivity index (χ1v) is 26.4. The molecule has 73 heavy (non-hydrogen) atoms. The fourth-order valence-corrected chi connectivity index (χ4v) is 6.10. The van der Waals surface area contributed by atoms with Crippen molar-refractivity contribution in [2.45, 2.75) is 13.8 Å². The average molecular weight is 1020 g/mol. The number of hydrogen-bond donors (Lipinski definition) is 8. The monoisotopic (exact) mass is 1020 g/mol. The van der Waals surface area contributed by atoms with E-state index in [1.165, 1.54) is 11.1 Å². The SMILES string of the molecule is CNc1ccc(Nc2ccc(N=C3C=CC(=Nc4ccc(C)cc4)C=C3)cc2)cc1.CNc1ccc(Nc2ccc(N=C3C=CC(=[NH+]c4ccc(C)cc4)C=C3)cc2)cc1.CP(=O)(O)O.CP(=O)([O-])O.O=C=O.[H+]. The van der Waals surface area contributed by atoms with Gasteiger partial charge in [0.1, 0.15) is 7.60 Å². The molecule has 0 saturated carbocycles. The van der Waals surface area contributed by atoms with Crippen molar-refractivity contribution in [3.63, 3.8) is 0 Å². The molecule has 0 saturated heterocycles. The molecule has 0 heterocycles. The molecule has 1 unspecified atom stereocenters. The fourth-order valence-electron chi connectivity index (χ4n) is 6.10. The second kappa shape index (κ2) is 29.2. The molecule has 1 atom stereocenters. The van der Waals surface area contributed by atoms with Crippen LogP contribution in [0, 0.1) is 13.8 Å². The highest BCUT2D eigenvalue weighted by molar-refractivity contribution is 7.50. The van der Waals surface area contributed by atoms with Gasteiger partial charge in [-0.25, -0.2) is 20.0 Å². The molecule has 0 fully saturated rings. The van der Waals surface area contributed by atoms with E-state index < -0.39 is 15.2 Å². The van der Waals surface area contributed by atoms with Crippen LogP contribution in [-0.4, -0.2) is 71.1 Å². The Labute approximate surface area is 427 Å². The van der Waals surface area contributed by atoms with Gasteiger partial charge in [-0.1, -0.05) is 35.4 Å². The number of rotatable bonds is 10. The average Bonchev–Trinajstić information content (AvgIpc) is 3.35. The van der Waals surface area contributed by atoms with Gasteiger partial charge in [0, 0.05) is 85.8 Å². The lowest BCUT2D eigenvalue weighted by atomic mass is 10.1. The molecule has 8 N–H and O–H groups in total. The summed E-state index contributed by atoms with van der Waals surface area (Å²) in [5.41, 5.74) is 16.5. The van der Waals surface area contributed by atoms with Crippen LogP contribution in [0.25, 0.3) is 0 Å². The zero-order valence-corrected chi connectivity index (χ0v) is 42.9. The molecule has 0 amide bonds. The van der Waals surface area contributed by atoms with E-state index in [2.05, 4.69) is 93.6 Å². The van der Waals surface area contributed by atoms with Gasteiger partial charge in [-0.15, -0.1) is 0 Å². The number of aliphatic imine (C=N–C) groups is 3. The molecule has 2 aliphatic carbocycles. The van der Waals surface area contributed by atoms with E-state index in [9.17, 15) is 14.0 Å². The van der Waals surface area contributed by atoms with E-state index in [-0.39, 0.29) is 7.58 Å². The van der Waals surface area contributed by atoms with Gasteiger partial charge < -0.3 is 45.4 Å². The highest BCUT2D eigenvalue weighted by atomic mass is 31.2. The standard InChI is InChI=1S/2C26H24N4.2CH5O3P.CO2/c2*1-19-3-5-21(6-4-19)28-23-11-13-25(14-12-23)30-26-17-15-24(16-18-26)29-22-9-7-20(27-2)8-10-22;2*1-5(2,3)4;2-1-3/h2*3-18,27,29H,1-2H3;2*1H3,(H2,2,3,4);/p+1. The summed E-state index contributed by atoms with van der Waals surface area (Å²) in [7, 11) is -3.70. The van der Waals surface area contributed by atoms with Gasteiger partial charge in [0.05, 0.1) is 34.2 Å². The molecular weight excluding hydrogens is 963 g/mol. The number of aryl methyl sites for hydroxylation is 2. The predicted octanol–water partition coefficient (Wildman–Crippen LogP) is 10.1. The number of benzene rings is 6. The van der Waals surface area contributed by atoms with Crippen molar-refractivity contribution in [1.29, 1.82) is 0 Å². The minimum Gasteiger partial charge on any atom is -0.779 e. The number of anilines is 6. The quantitative estimate of drug-likeness (QED) is 0.0472. The molecule has 6 aromatic rings. The molecule has 0 radical (unpaired) electrons. The lowest BCUT2D eigenvalue weighted by Gasteiger charge is -2.08. The third-order valence-corrected chi connectivity index (χ3v) is 9.52. The number of allylic oxidation sites excluding steroid dienone is 8. The van der Waals surface area contributed by atoms with Crippen LogP contribution in [-0.2, 0) is 18.7 Å². The summed E-state index contributed by atoms with van der Waals surface area (Å²) in [6, 6.07) is 49.1. The van der Waals surface area contributed by atoms with E-state index in [0.717, 1.165) is 93.1 Å². The van der Waals surface area contributed by atoms with Crippen molar-refractivity contribution < 1.29 is 44.7 Å². The minimum absolute atomic E-state index is 0. The Balaban J connectivity index is 0.000000312. The highest BCUT2D eigenvalue weighted by Crippen LogP contribution is 2.27. The van der Waals surface area contributed by atoms with Crippen LogP contribution in [0.5, 0.6) is 0 Å². The van der Waals surface area contributed by atoms with Crippen molar-refractivity contribution in [1.82, 2.24) is 0 Å². The molecule has 6 aromatic carbocycles. The summed E-state index contributed by atoms with van der Waals surface area (Å²) in [5, 5.41) is 13.0. The van der Waals surface area contributed by atoms with Gasteiger partial charge in [-0.3, -0.25) is 4.57 Å². The van der Waals surface area contributed by atoms with Crippen LogP contribution in [0.1, 0.15) is 12.6 Å². The maximum atomic E-state index is 9.33. The summed E-state index contributed by atoms with van der Waals surface area (Å²) in [6.07, 6.45) is 16.3. The maximum absolute atomic E-state index is 9.33. The minimum atomic E-state index is -3.89. The first kappa shape index (κ1) is 57.4. The summed E-state index contributed by atoms with van der Waals surface area (Å²) < 4.78 is 18.5. The lowest BCUT2D eigenvalue weighted by Crippen LogP contribution is -2.65. The van der Waals surface area contributed by atoms with E-state index in [1.54, 1.807) is 0 Å². The Kier molecular flexibility index (Phi) is 23.0. The Morgan fingerprint density at radius 3 is 0.986 bits per heavy atom. The third-order valence-electron chi connectivity index (χ3n) is 9.52. The summed E-state index contributed by atoms with van der Waals surface area (Å²) >= 11 is 0. The number of nitrogens with zero attached hydrogens (tertiary/aromatic N) is 3. The second-order valence-corrected chi connectivity index (χ2v) is 19.2. The van der Waals surface area contributed by atoms with Gasteiger partial charge in [0.25, 0.3) is 0 Å². The van der Waals surface area contributed by atoms with Crippen molar-refractivity contribution >= 4 is 101 Å². The molecule has 376 valence electrons. The van der Waals surface area contributed by atoms with Crippen LogP contribution in [0.2, 0.25) is 0 Å². The molecule has 0 bridgehead atoms. The highest BCUT2D eigenvalue weighted by Gasteiger charge is 2.07. The van der Waals surface area contributed by atoms with E-state index in [0.29, 0.717) is 0 Å². The molecule has 8 rings (SSSR count). The van der Waals surface area contributed by atoms with Gasteiger partial charge in [0.2, 0.25) is 11.4 Å². The largest absolute Gasteiger partial charge is 1.00 e. The Bertz CT molecular complexity index is 2840. The Hall–Kier alpha value is -8.16. The molecule has 0 aliphatic heterocycles. The van der Waals surface area contributed by atoms with E-state index in [4.69, 9.17) is 34.3 Å². The topological polar surface area (TPSA) is 251 Å². The van der Waals surface area contributed by atoms with Crippen molar-refractivity contribution in [2.24, 2.45) is 15.0 Å². The normalized spacial score (nSPS) is 12.7. The Morgan fingerprint density at radius 2 is 0.699 bits per heavy atom. The van der Waals surface area contributed by atoms with Gasteiger partial charge in [-0.05, 0) is 159 Å². The van der Waals surface area contributed by atoms with Crippen LogP contribution in [0.4, 0.5) is 56.9 Å². The summed E-state index contributed by atoms with van der Waals surface area (Å²) in [4.78, 5) is 65.7. The van der Waals surface area contributed by atoms with Gasteiger partial charge in [-0.2, -0.15) is 9.59 Å². The number of nitrogens with one attached hydrogen (secondary N) is 5. The van der Waals surface area contributed by atoms with Gasteiger partial charge >= 0.3 is 15.2 Å². The smallest absolute Gasteiger partial charge is 0.779 e. The van der Waals surface area contributed by atoms with E-state index >= 15 is 0 Å². The van der Waals surface area contributed by atoms with Crippen LogP contribution < -0.4 is 31.2 Å². The molecule has 18 heteroatoms. The summed E-state index contributed by atoms with van der Waals surface area (Å²) in [6.45, 7) is 5.76. The van der Waals surface area contributed by atoms with Crippen LogP contribution in [0.15, 0.2) is 209 Å². The maximum Gasteiger partial charge on any atom is 1.00 e. The summed E-state index contributed by atoms with van der Waals surface area (Å²) in [5.74, 6) is 0. The van der Waals surface area contributed by atoms with Crippen molar-refractivity contribution in [2.75, 3.05) is 48.7 Å². The van der Waals surface area contributed by atoms with Crippen LogP contribution >= 0.6 is 15.2 Å². The molecule has 16 nitrogen and oxygen atoms in total. The molecule has 0 aromatic heterocycles. The molecule has 2 aliphatic rings. The second-order valence-electron chi connectivity index (χ2n) is 15.9. The van der Waals surface area contributed by atoms with Crippen LogP contribution in [0.3, 0.4) is 0 Å². The zero-order chi connectivity index (χ0) is 53.2.